The topological polar surface area (TPSA) is 90.4 Å². The molecule has 0 aliphatic heterocycles. The molecule has 0 aliphatic rings. The minimum atomic E-state index is -0.505. The zero-order chi connectivity index (χ0) is 14.4. The van der Waals surface area contributed by atoms with E-state index in [0.717, 1.165) is 11.3 Å². The molecule has 1 heterocycles. The van der Waals surface area contributed by atoms with Crippen molar-refractivity contribution in [2.75, 3.05) is 0 Å². The second-order valence-corrected chi connectivity index (χ2v) is 3.98. The van der Waals surface area contributed by atoms with Crippen molar-refractivity contribution in [3.8, 4) is 5.75 Å². The molecule has 0 unspecified atom stereocenters. The van der Waals surface area contributed by atoms with Crippen LogP contribution in [0.2, 0.25) is 0 Å². The first-order valence-corrected chi connectivity index (χ1v) is 6.05. The third-order valence-corrected chi connectivity index (χ3v) is 2.56. The number of carbonyl (C=O) groups excluding carboxylic acids is 1. The van der Waals surface area contributed by atoms with Crippen molar-refractivity contribution in [3.63, 3.8) is 0 Å². The molecule has 2 rings (SSSR count). The predicted molar refractivity (Wildman–Crippen MR) is 73.6 cm³/mol. The Balaban J connectivity index is 2.05. The summed E-state index contributed by atoms with van der Waals surface area (Å²) in [6.07, 6.45) is 3.88. The van der Waals surface area contributed by atoms with Gasteiger partial charge in [-0.25, -0.2) is 5.84 Å². The minimum absolute atomic E-state index is 0.118. The second-order valence-electron chi connectivity index (χ2n) is 3.98. The molecule has 0 spiro atoms. The molecule has 104 valence electrons. The van der Waals surface area contributed by atoms with E-state index in [2.05, 4.69) is 5.16 Å². The fraction of sp³-hybridized carbons (Fsp3) is 0.143. The number of aromatic nitrogens is 1. The van der Waals surface area contributed by atoms with E-state index < -0.39 is 5.91 Å². The SMILES string of the molecule is CC=Cc1ccccc1OCc1cc(C(=O)NN)no1. The number of allylic oxidation sites excluding steroid dienone is 1. The van der Waals surface area contributed by atoms with Gasteiger partial charge in [-0.15, -0.1) is 0 Å². The summed E-state index contributed by atoms with van der Waals surface area (Å²) >= 11 is 0. The van der Waals surface area contributed by atoms with Gasteiger partial charge in [-0.2, -0.15) is 0 Å². The molecule has 0 atom stereocenters. The Morgan fingerprint density at radius 2 is 2.30 bits per heavy atom. The highest BCUT2D eigenvalue weighted by Crippen LogP contribution is 2.20. The third kappa shape index (κ3) is 3.24. The number of carbonyl (C=O) groups is 1. The van der Waals surface area contributed by atoms with Gasteiger partial charge in [-0.1, -0.05) is 35.5 Å². The molecule has 6 heteroatoms. The van der Waals surface area contributed by atoms with Gasteiger partial charge in [0.2, 0.25) is 0 Å². The van der Waals surface area contributed by atoms with E-state index in [0.29, 0.717) is 5.76 Å². The molecule has 1 aromatic heterocycles. The van der Waals surface area contributed by atoms with E-state index >= 15 is 0 Å². The van der Waals surface area contributed by atoms with E-state index in [1.807, 2.05) is 48.8 Å². The van der Waals surface area contributed by atoms with Crippen molar-refractivity contribution in [2.45, 2.75) is 13.5 Å². The van der Waals surface area contributed by atoms with Crippen molar-refractivity contribution in [3.05, 3.63) is 53.4 Å². The van der Waals surface area contributed by atoms with Crippen molar-refractivity contribution in [1.82, 2.24) is 10.6 Å². The smallest absolute Gasteiger partial charge is 0.287 e. The number of benzene rings is 1. The molecule has 0 saturated heterocycles. The van der Waals surface area contributed by atoms with Gasteiger partial charge in [-0.3, -0.25) is 10.2 Å². The maximum absolute atomic E-state index is 11.2. The molecule has 20 heavy (non-hydrogen) atoms. The van der Waals surface area contributed by atoms with Crippen molar-refractivity contribution in [1.29, 1.82) is 0 Å². The fourth-order valence-corrected chi connectivity index (χ4v) is 1.64. The zero-order valence-corrected chi connectivity index (χ0v) is 11.0. The van der Waals surface area contributed by atoms with Crippen molar-refractivity contribution >= 4 is 12.0 Å². The van der Waals surface area contributed by atoms with Crippen LogP contribution in [-0.2, 0) is 6.61 Å². The normalized spacial score (nSPS) is 10.7. The van der Waals surface area contributed by atoms with Crippen LogP contribution in [0.5, 0.6) is 5.75 Å². The van der Waals surface area contributed by atoms with Crippen LogP contribution >= 0.6 is 0 Å². The standard InChI is InChI=1S/C14H15N3O3/c1-2-5-10-6-3-4-7-13(10)19-9-11-8-12(17-20-11)14(18)16-15/h2-8H,9,15H2,1H3,(H,16,18). The average molecular weight is 273 g/mol. The second kappa shape index (κ2) is 6.53. The number of nitrogens with zero attached hydrogens (tertiary/aromatic N) is 1. The van der Waals surface area contributed by atoms with Gasteiger partial charge in [0.15, 0.2) is 11.5 Å². The summed E-state index contributed by atoms with van der Waals surface area (Å²) in [5.74, 6) is 5.68. The maximum atomic E-state index is 11.2. The molecule has 1 aromatic carbocycles. The highest BCUT2D eigenvalue weighted by atomic mass is 16.5. The van der Waals surface area contributed by atoms with Crippen LogP contribution in [0.25, 0.3) is 6.08 Å². The summed E-state index contributed by atoms with van der Waals surface area (Å²) in [5.41, 5.74) is 3.07. The van der Waals surface area contributed by atoms with Crippen LogP contribution in [0.4, 0.5) is 0 Å². The van der Waals surface area contributed by atoms with Crippen LogP contribution in [0.3, 0.4) is 0 Å². The highest BCUT2D eigenvalue weighted by molar-refractivity contribution is 5.91. The molecule has 0 aliphatic carbocycles. The fourth-order valence-electron chi connectivity index (χ4n) is 1.64. The Morgan fingerprint density at radius 3 is 3.05 bits per heavy atom. The monoisotopic (exact) mass is 273 g/mol. The number of hydrogen-bond acceptors (Lipinski definition) is 5. The van der Waals surface area contributed by atoms with Crippen molar-refractivity contribution in [2.24, 2.45) is 5.84 Å². The van der Waals surface area contributed by atoms with Crippen LogP contribution in [0.1, 0.15) is 28.7 Å². The summed E-state index contributed by atoms with van der Waals surface area (Å²) in [6, 6.07) is 9.11. The lowest BCUT2D eigenvalue weighted by Crippen LogP contribution is -2.30. The molecular weight excluding hydrogens is 258 g/mol. The van der Waals surface area contributed by atoms with E-state index in [9.17, 15) is 4.79 Å². The van der Waals surface area contributed by atoms with Gasteiger partial charge in [-0.05, 0) is 13.0 Å². The first-order valence-electron chi connectivity index (χ1n) is 6.05. The summed E-state index contributed by atoms with van der Waals surface area (Å²) in [6.45, 7) is 2.12. The van der Waals surface area contributed by atoms with E-state index in [4.69, 9.17) is 15.1 Å². The molecule has 1 amide bonds. The number of amides is 1. The van der Waals surface area contributed by atoms with Gasteiger partial charge in [0, 0.05) is 11.6 Å². The lowest BCUT2D eigenvalue weighted by Gasteiger charge is -2.06. The quantitative estimate of drug-likeness (QED) is 0.493. The first kappa shape index (κ1) is 13.8. The summed E-state index contributed by atoms with van der Waals surface area (Å²) in [4.78, 5) is 11.2. The Hall–Kier alpha value is -2.60. The molecular formula is C14H15N3O3. The Kier molecular flexibility index (Phi) is 4.52. The summed E-state index contributed by atoms with van der Waals surface area (Å²) in [7, 11) is 0. The average Bonchev–Trinajstić information content (AvgIpc) is 2.95. The largest absolute Gasteiger partial charge is 0.485 e. The number of para-hydroxylation sites is 1. The van der Waals surface area contributed by atoms with E-state index in [-0.39, 0.29) is 12.3 Å². The lowest BCUT2D eigenvalue weighted by atomic mass is 10.2. The zero-order valence-electron chi connectivity index (χ0n) is 11.0. The number of nitrogens with two attached hydrogens (primary N) is 1. The summed E-state index contributed by atoms with van der Waals surface area (Å²) in [5, 5.41) is 3.60. The van der Waals surface area contributed by atoms with Gasteiger partial charge in [0.05, 0.1) is 0 Å². The van der Waals surface area contributed by atoms with Gasteiger partial charge in [0.1, 0.15) is 12.4 Å². The number of nitrogen functional groups attached to an aromatic ring is 1. The molecule has 2 aromatic rings. The maximum Gasteiger partial charge on any atom is 0.287 e. The number of nitrogens with one attached hydrogen (secondary N) is 1. The van der Waals surface area contributed by atoms with Gasteiger partial charge in [0.25, 0.3) is 5.91 Å². The van der Waals surface area contributed by atoms with Gasteiger partial charge < -0.3 is 9.26 Å². The van der Waals surface area contributed by atoms with Crippen LogP contribution in [0, 0.1) is 0 Å². The summed E-state index contributed by atoms with van der Waals surface area (Å²) < 4.78 is 10.7. The molecule has 0 bridgehead atoms. The molecule has 0 radical (unpaired) electrons. The molecule has 3 N–H and O–H groups in total. The Labute approximate surface area is 116 Å². The number of hydrazine groups is 1. The molecule has 6 nitrogen and oxygen atoms in total. The third-order valence-electron chi connectivity index (χ3n) is 2.56. The lowest BCUT2D eigenvalue weighted by molar-refractivity contribution is 0.0944. The van der Waals surface area contributed by atoms with Crippen LogP contribution < -0.4 is 16.0 Å². The number of rotatable bonds is 5. The first-order chi connectivity index (χ1) is 9.74. The Bertz CT molecular complexity index is 620. The predicted octanol–water partition coefficient (Wildman–Crippen LogP) is 1.89. The van der Waals surface area contributed by atoms with Crippen LogP contribution in [-0.4, -0.2) is 11.1 Å². The van der Waals surface area contributed by atoms with Crippen molar-refractivity contribution < 1.29 is 14.1 Å². The van der Waals surface area contributed by atoms with E-state index in [1.54, 1.807) is 0 Å². The van der Waals surface area contributed by atoms with Crippen LogP contribution in [0.15, 0.2) is 40.9 Å². The molecule has 0 fully saturated rings. The van der Waals surface area contributed by atoms with Gasteiger partial charge >= 0.3 is 0 Å². The highest BCUT2D eigenvalue weighted by Gasteiger charge is 2.11. The molecule has 0 saturated carbocycles. The van der Waals surface area contributed by atoms with E-state index in [1.165, 1.54) is 6.07 Å². The Morgan fingerprint density at radius 1 is 1.50 bits per heavy atom. The number of hydrogen-bond donors (Lipinski definition) is 2. The minimum Gasteiger partial charge on any atom is -0.485 e. The number of ether oxygens (including phenoxy) is 1.